The summed E-state index contributed by atoms with van der Waals surface area (Å²) in [5.41, 5.74) is 0. The Morgan fingerprint density at radius 1 is 1.30 bits per heavy atom. The van der Waals surface area contributed by atoms with Crippen molar-refractivity contribution in [2.45, 2.75) is 20.3 Å². The third-order valence-corrected chi connectivity index (χ3v) is 3.37. The maximum Gasteiger partial charge on any atom is -0.00145 e. The predicted octanol–water partition coefficient (Wildman–Crippen LogP) is 1.50. The number of fused-ring (bicyclic) bond motifs is 1. The monoisotopic (exact) mass is 139 g/mol. The summed E-state index contributed by atoms with van der Waals surface area (Å²) in [4.78, 5) is 0. The number of nitrogens with one attached hydrogen (secondary N) is 1. The molecule has 2 rings (SSSR count). The Labute approximate surface area is 63.2 Å². The van der Waals surface area contributed by atoms with E-state index in [1.807, 2.05) is 0 Å². The van der Waals surface area contributed by atoms with Crippen molar-refractivity contribution < 1.29 is 0 Å². The lowest BCUT2D eigenvalue weighted by Gasteiger charge is -2.42. The van der Waals surface area contributed by atoms with Gasteiger partial charge in [-0.15, -0.1) is 0 Å². The number of hydrogen-bond acceptors (Lipinski definition) is 1. The highest BCUT2D eigenvalue weighted by atomic mass is 14.9. The van der Waals surface area contributed by atoms with Crippen molar-refractivity contribution in [2.24, 2.45) is 23.7 Å². The first-order valence-corrected chi connectivity index (χ1v) is 4.49. The molecule has 0 aromatic carbocycles. The molecule has 1 saturated heterocycles. The van der Waals surface area contributed by atoms with Crippen LogP contribution in [0.3, 0.4) is 0 Å². The van der Waals surface area contributed by atoms with Crippen LogP contribution in [-0.2, 0) is 0 Å². The van der Waals surface area contributed by atoms with Crippen LogP contribution in [0.2, 0.25) is 0 Å². The van der Waals surface area contributed by atoms with Gasteiger partial charge in [-0.25, -0.2) is 0 Å². The first kappa shape index (κ1) is 6.66. The molecule has 0 aromatic heterocycles. The van der Waals surface area contributed by atoms with Gasteiger partial charge in [0, 0.05) is 0 Å². The van der Waals surface area contributed by atoms with E-state index in [0.29, 0.717) is 0 Å². The van der Waals surface area contributed by atoms with Gasteiger partial charge < -0.3 is 5.32 Å². The Morgan fingerprint density at radius 2 is 2.10 bits per heavy atom. The first-order valence-electron chi connectivity index (χ1n) is 4.49. The molecule has 1 heteroatoms. The molecule has 1 aliphatic heterocycles. The van der Waals surface area contributed by atoms with Crippen LogP contribution in [0.25, 0.3) is 0 Å². The van der Waals surface area contributed by atoms with Crippen LogP contribution in [0.15, 0.2) is 0 Å². The Bertz CT molecular complexity index is 131. The highest BCUT2D eigenvalue weighted by Crippen LogP contribution is 2.46. The topological polar surface area (TPSA) is 12.0 Å². The molecule has 0 aromatic rings. The summed E-state index contributed by atoms with van der Waals surface area (Å²) in [7, 11) is 0. The molecule has 0 bridgehead atoms. The van der Waals surface area contributed by atoms with Gasteiger partial charge in [-0.3, -0.25) is 0 Å². The predicted molar refractivity (Wildman–Crippen MR) is 42.8 cm³/mol. The molecule has 1 aliphatic carbocycles. The third kappa shape index (κ3) is 0.800. The average Bonchev–Trinajstić information content (AvgIpc) is 2.11. The van der Waals surface area contributed by atoms with Crippen molar-refractivity contribution in [3.05, 3.63) is 0 Å². The van der Waals surface area contributed by atoms with Gasteiger partial charge in [0.2, 0.25) is 0 Å². The zero-order valence-electron chi connectivity index (χ0n) is 6.93. The molecule has 3 unspecified atom stereocenters. The van der Waals surface area contributed by atoms with Gasteiger partial charge >= 0.3 is 0 Å². The molecule has 2 fully saturated rings. The summed E-state index contributed by atoms with van der Waals surface area (Å²) in [6.45, 7) is 7.32. The van der Waals surface area contributed by atoms with E-state index in [1.165, 1.54) is 19.5 Å². The molecule has 1 saturated carbocycles. The van der Waals surface area contributed by atoms with E-state index >= 15 is 0 Å². The van der Waals surface area contributed by atoms with Crippen LogP contribution in [-0.4, -0.2) is 13.1 Å². The molecule has 0 spiro atoms. The number of rotatable bonds is 1. The number of hydrogen-bond donors (Lipinski definition) is 1. The Morgan fingerprint density at radius 3 is 2.70 bits per heavy atom. The molecule has 1 N–H and O–H groups in total. The van der Waals surface area contributed by atoms with Crippen molar-refractivity contribution in [3.8, 4) is 0 Å². The molecule has 10 heavy (non-hydrogen) atoms. The van der Waals surface area contributed by atoms with E-state index in [2.05, 4.69) is 19.2 Å². The zero-order chi connectivity index (χ0) is 7.14. The van der Waals surface area contributed by atoms with Crippen molar-refractivity contribution in [2.75, 3.05) is 13.1 Å². The van der Waals surface area contributed by atoms with Crippen LogP contribution in [0, 0.1) is 23.7 Å². The van der Waals surface area contributed by atoms with Gasteiger partial charge in [0.1, 0.15) is 0 Å². The first-order chi connectivity index (χ1) is 4.79. The van der Waals surface area contributed by atoms with E-state index < -0.39 is 0 Å². The highest BCUT2D eigenvalue weighted by Gasteiger charge is 2.44. The average molecular weight is 139 g/mol. The van der Waals surface area contributed by atoms with Crippen LogP contribution >= 0.6 is 0 Å². The van der Waals surface area contributed by atoms with E-state index in [-0.39, 0.29) is 0 Å². The van der Waals surface area contributed by atoms with Crippen LogP contribution in [0.4, 0.5) is 0 Å². The van der Waals surface area contributed by atoms with Crippen LogP contribution in [0.5, 0.6) is 0 Å². The normalized spacial score (nSPS) is 45.3. The van der Waals surface area contributed by atoms with Gasteiger partial charge in [-0.2, -0.15) is 0 Å². The second kappa shape index (κ2) is 2.23. The SMILES string of the molecule is CC(C)C1CC2CNCC21. The Hall–Kier alpha value is -0.0400. The van der Waals surface area contributed by atoms with Crippen molar-refractivity contribution in [3.63, 3.8) is 0 Å². The summed E-state index contributed by atoms with van der Waals surface area (Å²) in [5, 5.41) is 3.47. The maximum absolute atomic E-state index is 3.47. The summed E-state index contributed by atoms with van der Waals surface area (Å²) in [6, 6.07) is 0. The molecule has 58 valence electrons. The molecular weight excluding hydrogens is 122 g/mol. The lowest BCUT2D eigenvalue weighted by Crippen LogP contribution is -2.38. The summed E-state index contributed by atoms with van der Waals surface area (Å²) < 4.78 is 0. The molecular formula is C9H17N. The summed E-state index contributed by atoms with van der Waals surface area (Å²) in [6.07, 6.45) is 1.50. The van der Waals surface area contributed by atoms with Gasteiger partial charge in [-0.1, -0.05) is 13.8 Å². The highest BCUT2D eigenvalue weighted by molar-refractivity contribution is 4.96. The minimum Gasteiger partial charge on any atom is -0.316 e. The van der Waals surface area contributed by atoms with Gasteiger partial charge in [0.15, 0.2) is 0 Å². The van der Waals surface area contributed by atoms with E-state index in [9.17, 15) is 0 Å². The summed E-state index contributed by atoms with van der Waals surface area (Å²) in [5.74, 6) is 4.05. The summed E-state index contributed by atoms with van der Waals surface area (Å²) >= 11 is 0. The van der Waals surface area contributed by atoms with Crippen molar-refractivity contribution in [1.82, 2.24) is 5.32 Å². The quantitative estimate of drug-likeness (QED) is 0.580. The zero-order valence-corrected chi connectivity index (χ0v) is 6.93. The lowest BCUT2D eigenvalue weighted by molar-refractivity contribution is 0.0777. The fourth-order valence-electron chi connectivity index (χ4n) is 2.61. The van der Waals surface area contributed by atoms with E-state index in [4.69, 9.17) is 0 Å². The standard InChI is InChI=1S/C9H17N/c1-6(2)8-3-7-4-10-5-9(7)8/h6-10H,3-5H2,1-2H3. The second-order valence-corrected chi connectivity index (χ2v) is 4.23. The van der Waals surface area contributed by atoms with Gasteiger partial charge in [0.05, 0.1) is 0 Å². The van der Waals surface area contributed by atoms with E-state index in [0.717, 1.165) is 23.7 Å². The molecule has 0 radical (unpaired) electrons. The smallest absolute Gasteiger partial charge is 0.00145 e. The largest absolute Gasteiger partial charge is 0.316 e. The minimum absolute atomic E-state index is 0.918. The third-order valence-electron chi connectivity index (χ3n) is 3.37. The van der Waals surface area contributed by atoms with Crippen LogP contribution in [0.1, 0.15) is 20.3 Å². The molecule has 2 aliphatic rings. The lowest BCUT2D eigenvalue weighted by atomic mass is 9.62. The van der Waals surface area contributed by atoms with Gasteiger partial charge in [0.25, 0.3) is 0 Å². The van der Waals surface area contributed by atoms with E-state index in [1.54, 1.807) is 0 Å². The molecule has 1 nitrogen and oxygen atoms in total. The molecule has 0 amide bonds. The fourth-order valence-corrected chi connectivity index (χ4v) is 2.61. The molecule has 1 heterocycles. The minimum atomic E-state index is 0.918. The Balaban J connectivity index is 1.94. The fraction of sp³-hybridized carbons (Fsp3) is 1.00. The van der Waals surface area contributed by atoms with Crippen molar-refractivity contribution >= 4 is 0 Å². The molecule has 3 atom stereocenters. The Kier molecular flexibility index (Phi) is 1.48. The van der Waals surface area contributed by atoms with Crippen molar-refractivity contribution in [1.29, 1.82) is 0 Å². The maximum atomic E-state index is 3.47. The van der Waals surface area contributed by atoms with Crippen LogP contribution < -0.4 is 5.32 Å². The second-order valence-electron chi connectivity index (χ2n) is 4.23. The van der Waals surface area contributed by atoms with Gasteiger partial charge in [-0.05, 0) is 43.2 Å².